The molecule has 0 aliphatic rings. The molecule has 6 N–H and O–H groups in total. The average Bonchev–Trinajstić information content (AvgIpc) is 2.94. The molecule has 0 spiro atoms. The van der Waals surface area contributed by atoms with Crippen molar-refractivity contribution < 1.29 is 39.2 Å². The zero-order valence-corrected chi connectivity index (χ0v) is 21.2. The minimum absolute atomic E-state index is 0.0610. The first-order valence-electron chi connectivity index (χ1n) is 11.6. The third-order valence-electron chi connectivity index (χ3n) is 4.73. The van der Waals surface area contributed by atoms with Crippen LogP contribution in [0.2, 0.25) is 0 Å². The number of hydroxylamine groups is 4. The van der Waals surface area contributed by atoms with Crippen LogP contribution in [0.3, 0.4) is 0 Å². The molecular formula is C23H27N9O8. The van der Waals surface area contributed by atoms with E-state index in [4.69, 9.17) is 5.21 Å². The van der Waals surface area contributed by atoms with Gasteiger partial charge in [-0.3, -0.25) is 49.7 Å². The highest BCUT2D eigenvalue weighted by Gasteiger charge is 2.18. The average molecular weight is 558 g/mol. The van der Waals surface area contributed by atoms with Crippen molar-refractivity contribution in [2.45, 2.75) is 26.2 Å². The maximum Gasteiger partial charge on any atom is 0.341 e. The van der Waals surface area contributed by atoms with Gasteiger partial charge in [-0.15, -0.1) is 0 Å². The van der Waals surface area contributed by atoms with Gasteiger partial charge in [0.1, 0.15) is 25.5 Å². The van der Waals surface area contributed by atoms with Crippen LogP contribution in [0, 0.1) is 0 Å². The lowest BCUT2D eigenvalue weighted by Crippen LogP contribution is -2.43. The molecule has 0 aliphatic heterocycles. The van der Waals surface area contributed by atoms with E-state index in [-0.39, 0.29) is 15.8 Å². The Morgan fingerprint density at radius 3 is 1.90 bits per heavy atom. The second-order valence-corrected chi connectivity index (χ2v) is 7.78. The Kier molecular flexibility index (Phi) is 12.3. The Labute approximate surface area is 227 Å². The predicted octanol–water partition coefficient (Wildman–Crippen LogP) is -1.17. The standard InChI is InChI=1S/C23H27N9O8/c1-15(33)31(39)13-27-20(36)12-21(37)32(40)14-26-18(34)8-9-19(35)28-23(38)30-29-22(16-6-2-4-10-24-16)17-7-3-5-11-25-17/h2-7,10-11,39-40H,8-9,12-14H2,1H3,(H,26,34)(H,27,36)(H2,28,30,35,38). The lowest BCUT2D eigenvalue weighted by atomic mass is 10.1. The van der Waals surface area contributed by atoms with Crippen LogP contribution in [0.4, 0.5) is 4.79 Å². The molecule has 7 amide bonds. The van der Waals surface area contributed by atoms with Gasteiger partial charge < -0.3 is 10.6 Å². The Balaban J connectivity index is 1.74. The molecule has 2 aromatic heterocycles. The van der Waals surface area contributed by atoms with Crippen LogP contribution in [0.15, 0.2) is 53.9 Å². The maximum atomic E-state index is 12.1. The van der Waals surface area contributed by atoms with Crippen LogP contribution in [0.25, 0.3) is 0 Å². The minimum atomic E-state index is -1.09. The summed E-state index contributed by atoms with van der Waals surface area (Å²) in [4.78, 5) is 78.7. The van der Waals surface area contributed by atoms with Gasteiger partial charge in [-0.05, 0) is 24.3 Å². The summed E-state index contributed by atoms with van der Waals surface area (Å²) >= 11 is 0. The second-order valence-electron chi connectivity index (χ2n) is 7.78. The fourth-order valence-corrected chi connectivity index (χ4v) is 2.71. The summed E-state index contributed by atoms with van der Waals surface area (Å²) in [5, 5.41) is 29.3. The molecule has 40 heavy (non-hydrogen) atoms. The number of urea groups is 1. The van der Waals surface area contributed by atoms with Gasteiger partial charge in [-0.2, -0.15) is 5.10 Å². The fraction of sp³-hybridized carbons (Fsp3) is 0.261. The van der Waals surface area contributed by atoms with Gasteiger partial charge in [0.05, 0.1) is 11.4 Å². The van der Waals surface area contributed by atoms with Crippen LogP contribution < -0.4 is 21.4 Å². The van der Waals surface area contributed by atoms with E-state index in [2.05, 4.69) is 31.1 Å². The predicted molar refractivity (Wildman–Crippen MR) is 134 cm³/mol. The number of hydrogen-bond acceptors (Lipinski definition) is 11. The number of nitrogens with one attached hydrogen (secondary N) is 4. The highest BCUT2D eigenvalue weighted by atomic mass is 16.5. The fourth-order valence-electron chi connectivity index (χ4n) is 2.71. The third kappa shape index (κ3) is 11.0. The SMILES string of the molecule is CC(=O)N(O)CNC(=O)CC(=O)N(O)CNC(=O)CCC(=O)NC(=O)NN=C(c1ccccn1)c1ccccn1. The molecule has 2 rings (SSSR count). The molecular weight excluding hydrogens is 530 g/mol. The molecule has 0 fully saturated rings. The molecule has 2 heterocycles. The topological polar surface area (TPSA) is 236 Å². The van der Waals surface area contributed by atoms with E-state index in [1.54, 1.807) is 36.4 Å². The number of carbonyl (C=O) groups is 6. The highest BCUT2D eigenvalue weighted by molar-refractivity contribution is 6.10. The molecule has 0 bridgehead atoms. The van der Waals surface area contributed by atoms with E-state index in [1.807, 2.05) is 5.32 Å². The Morgan fingerprint density at radius 2 is 1.35 bits per heavy atom. The summed E-state index contributed by atoms with van der Waals surface area (Å²) in [5.41, 5.74) is 3.27. The molecule has 2 aromatic rings. The van der Waals surface area contributed by atoms with Crippen LogP contribution in [0.5, 0.6) is 0 Å². The van der Waals surface area contributed by atoms with Crippen molar-refractivity contribution in [3.05, 3.63) is 60.2 Å². The molecule has 212 valence electrons. The van der Waals surface area contributed by atoms with Crippen LogP contribution in [-0.2, 0) is 24.0 Å². The Hall–Kier alpha value is -5.29. The van der Waals surface area contributed by atoms with Gasteiger partial charge in [0, 0.05) is 32.2 Å². The molecule has 17 nitrogen and oxygen atoms in total. The number of amides is 7. The summed E-state index contributed by atoms with van der Waals surface area (Å²) in [5.74, 6) is -4.28. The first-order chi connectivity index (χ1) is 19.1. The van der Waals surface area contributed by atoms with Gasteiger partial charge in [0.25, 0.3) is 5.91 Å². The summed E-state index contributed by atoms with van der Waals surface area (Å²) in [6.07, 6.45) is 1.44. The number of carbonyl (C=O) groups excluding carboxylic acids is 6. The summed E-state index contributed by atoms with van der Waals surface area (Å²) < 4.78 is 0. The Bertz CT molecular complexity index is 1200. The minimum Gasteiger partial charge on any atom is -0.336 e. The van der Waals surface area contributed by atoms with Gasteiger partial charge >= 0.3 is 6.03 Å². The van der Waals surface area contributed by atoms with Crippen molar-refractivity contribution in [1.82, 2.24) is 41.5 Å². The second kappa shape index (κ2) is 15.8. The lowest BCUT2D eigenvalue weighted by molar-refractivity contribution is -0.169. The maximum absolute atomic E-state index is 12.1. The van der Waals surface area contributed by atoms with Crippen molar-refractivity contribution in [3.8, 4) is 0 Å². The monoisotopic (exact) mass is 557 g/mol. The van der Waals surface area contributed by atoms with Crippen molar-refractivity contribution in [3.63, 3.8) is 0 Å². The summed E-state index contributed by atoms with van der Waals surface area (Å²) in [6, 6.07) is 9.21. The summed E-state index contributed by atoms with van der Waals surface area (Å²) in [7, 11) is 0. The van der Waals surface area contributed by atoms with E-state index >= 15 is 0 Å². The number of rotatable bonds is 12. The number of hydrazone groups is 1. The zero-order valence-electron chi connectivity index (χ0n) is 21.2. The molecule has 0 unspecified atom stereocenters. The molecule has 0 aliphatic carbocycles. The number of hydrogen-bond donors (Lipinski definition) is 6. The summed E-state index contributed by atoms with van der Waals surface area (Å²) in [6.45, 7) is -0.204. The van der Waals surface area contributed by atoms with Crippen molar-refractivity contribution in [2.24, 2.45) is 5.10 Å². The lowest BCUT2D eigenvalue weighted by Gasteiger charge is -2.16. The first kappa shape index (κ1) is 30.9. The van der Waals surface area contributed by atoms with Crippen LogP contribution >= 0.6 is 0 Å². The van der Waals surface area contributed by atoms with E-state index in [0.29, 0.717) is 11.4 Å². The molecule has 0 saturated heterocycles. The molecule has 0 aromatic carbocycles. The van der Waals surface area contributed by atoms with Crippen molar-refractivity contribution in [1.29, 1.82) is 0 Å². The first-order valence-corrected chi connectivity index (χ1v) is 11.6. The largest absolute Gasteiger partial charge is 0.341 e. The number of imide groups is 1. The zero-order chi connectivity index (χ0) is 29.5. The highest BCUT2D eigenvalue weighted by Crippen LogP contribution is 2.05. The van der Waals surface area contributed by atoms with E-state index < -0.39 is 68.2 Å². The quantitative estimate of drug-likeness (QED) is 0.0601. The molecule has 0 saturated carbocycles. The normalized spacial score (nSPS) is 9.97. The number of nitrogens with zero attached hydrogens (tertiary/aromatic N) is 5. The number of aromatic nitrogens is 2. The molecule has 0 radical (unpaired) electrons. The van der Waals surface area contributed by atoms with Crippen LogP contribution in [-0.4, -0.2) is 85.1 Å². The van der Waals surface area contributed by atoms with Gasteiger partial charge in [0.15, 0.2) is 0 Å². The van der Waals surface area contributed by atoms with Gasteiger partial charge in [-0.25, -0.2) is 20.3 Å². The van der Waals surface area contributed by atoms with E-state index in [0.717, 1.165) is 6.92 Å². The van der Waals surface area contributed by atoms with Gasteiger partial charge in [-0.1, -0.05) is 12.1 Å². The Morgan fingerprint density at radius 1 is 0.800 bits per heavy atom. The van der Waals surface area contributed by atoms with E-state index in [9.17, 15) is 34.0 Å². The third-order valence-corrected chi connectivity index (χ3v) is 4.73. The van der Waals surface area contributed by atoms with Crippen LogP contribution in [0.1, 0.15) is 37.6 Å². The van der Waals surface area contributed by atoms with Gasteiger partial charge in [0.2, 0.25) is 23.6 Å². The molecule has 17 heteroatoms. The van der Waals surface area contributed by atoms with Crippen molar-refractivity contribution >= 4 is 41.3 Å². The number of pyridine rings is 2. The smallest absolute Gasteiger partial charge is 0.336 e. The van der Waals surface area contributed by atoms with Crippen molar-refractivity contribution in [2.75, 3.05) is 13.3 Å². The van der Waals surface area contributed by atoms with E-state index in [1.165, 1.54) is 12.4 Å². The molecule has 0 atom stereocenters.